The molecule has 2 N–H and O–H groups in total. The van der Waals surface area contributed by atoms with Gasteiger partial charge in [0.15, 0.2) is 11.5 Å². The summed E-state index contributed by atoms with van der Waals surface area (Å²) in [7, 11) is 3.05. The highest BCUT2D eigenvalue weighted by Crippen LogP contribution is 2.58. The Morgan fingerprint density at radius 2 is 1.87 bits per heavy atom. The third kappa shape index (κ3) is 3.71. The van der Waals surface area contributed by atoms with E-state index in [1.807, 2.05) is 27.7 Å². The van der Waals surface area contributed by atoms with Gasteiger partial charge in [-0.3, -0.25) is 0 Å². The lowest BCUT2D eigenvalue weighted by Crippen LogP contribution is -2.50. The van der Waals surface area contributed by atoms with Gasteiger partial charge in [-0.1, -0.05) is 32.4 Å². The Bertz CT molecular complexity index is 831. The number of methoxy groups -OCH3 is 2. The van der Waals surface area contributed by atoms with Crippen molar-refractivity contribution in [1.82, 2.24) is 0 Å². The third-order valence-electron chi connectivity index (χ3n) is 7.19. The topological polar surface area (TPSA) is 85.2 Å². The second kappa shape index (κ2) is 8.23. The fourth-order valence-corrected chi connectivity index (χ4v) is 5.24. The van der Waals surface area contributed by atoms with Crippen LogP contribution >= 0.6 is 0 Å². The molecule has 30 heavy (non-hydrogen) atoms. The van der Waals surface area contributed by atoms with E-state index in [-0.39, 0.29) is 18.3 Å². The Labute approximate surface area is 178 Å². The first-order chi connectivity index (χ1) is 14.1. The fraction of sp³-hybridized carbons (Fsp3) is 0.625. The molecule has 1 aromatic rings. The van der Waals surface area contributed by atoms with E-state index in [9.17, 15) is 15.0 Å². The minimum Gasteiger partial charge on any atom is -0.493 e. The maximum Gasteiger partial charge on any atom is 0.338 e. The normalized spacial score (nSPS) is 33.5. The molecule has 0 saturated heterocycles. The molecule has 0 heterocycles. The van der Waals surface area contributed by atoms with Crippen LogP contribution in [-0.4, -0.2) is 48.2 Å². The standard InChI is InChI=1S/C24H34O6/c1-14(2)24(27)13-20(25)23(4)10-9-15(3)11-19(21(23)24)30-22(26)16-7-8-17(28-5)18(12-16)29-6/h7-9,12,14,19-21,25,27H,10-11,13H2,1-6H3/t19-,20-,21-,23-,24-/m1/s1. The number of fused-ring (bicyclic) bond motifs is 1. The lowest BCUT2D eigenvalue weighted by atomic mass is 9.67. The van der Waals surface area contributed by atoms with Crippen molar-refractivity contribution in [3.63, 3.8) is 0 Å². The van der Waals surface area contributed by atoms with E-state index >= 15 is 0 Å². The second-order valence-electron chi connectivity index (χ2n) is 9.32. The molecule has 1 fully saturated rings. The number of carbonyl (C=O) groups excluding carboxylic acids is 1. The first kappa shape index (κ1) is 22.6. The summed E-state index contributed by atoms with van der Waals surface area (Å²) in [6.45, 7) is 7.91. The Hall–Kier alpha value is -2.05. The lowest BCUT2D eigenvalue weighted by Gasteiger charge is -2.43. The maximum absolute atomic E-state index is 13.1. The van der Waals surface area contributed by atoms with Crippen LogP contribution < -0.4 is 9.47 Å². The van der Waals surface area contributed by atoms with Crippen molar-refractivity contribution in [3.05, 3.63) is 35.4 Å². The summed E-state index contributed by atoms with van der Waals surface area (Å²) in [5.74, 6) is 0.0367. The van der Waals surface area contributed by atoms with E-state index in [2.05, 4.69) is 6.08 Å². The van der Waals surface area contributed by atoms with Crippen LogP contribution in [0.15, 0.2) is 29.8 Å². The van der Waals surface area contributed by atoms with Gasteiger partial charge >= 0.3 is 5.97 Å². The van der Waals surface area contributed by atoms with Gasteiger partial charge in [-0.25, -0.2) is 4.79 Å². The van der Waals surface area contributed by atoms with E-state index < -0.39 is 29.2 Å². The first-order valence-corrected chi connectivity index (χ1v) is 10.6. The van der Waals surface area contributed by atoms with Crippen LogP contribution in [0.2, 0.25) is 0 Å². The predicted octanol–water partition coefficient (Wildman–Crippen LogP) is 3.74. The molecule has 1 saturated carbocycles. The highest BCUT2D eigenvalue weighted by atomic mass is 16.5. The Kier molecular flexibility index (Phi) is 6.21. The number of rotatable bonds is 5. The van der Waals surface area contributed by atoms with Gasteiger partial charge < -0.3 is 24.4 Å². The number of benzene rings is 1. The van der Waals surface area contributed by atoms with Crippen molar-refractivity contribution < 1.29 is 29.2 Å². The highest BCUT2D eigenvalue weighted by Gasteiger charge is 2.63. The summed E-state index contributed by atoms with van der Waals surface area (Å²) < 4.78 is 16.6. The van der Waals surface area contributed by atoms with Crippen LogP contribution in [-0.2, 0) is 4.74 Å². The van der Waals surface area contributed by atoms with Gasteiger partial charge in [-0.05, 0) is 37.5 Å². The second-order valence-corrected chi connectivity index (χ2v) is 9.32. The Morgan fingerprint density at radius 1 is 1.20 bits per heavy atom. The summed E-state index contributed by atoms with van der Waals surface area (Å²) >= 11 is 0. The molecular formula is C24H34O6. The average Bonchev–Trinajstić information content (AvgIpc) is 2.82. The molecule has 0 amide bonds. The molecule has 6 nitrogen and oxygen atoms in total. The van der Waals surface area contributed by atoms with Crippen LogP contribution in [0.3, 0.4) is 0 Å². The Balaban J connectivity index is 1.96. The number of aliphatic hydroxyl groups is 2. The fourth-order valence-electron chi connectivity index (χ4n) is 5.24. The van der Waals surface area contributed by atoms with Gasteiger partial charge in [-0.2, -0.15) is 0 Å². The summed E-state index contributed by atoms with van der Waals surface area (Å²) in [6, 6.07) is 4.90. The van der Waals surface area contributed by atoms with Gasteiger partial charge in [-0.15, -0.1) is 0 Å². The van der Waals surface area contributed by atoms with Gasteiger partial charge in [0, 0.05) is 24.2 Å². The quantitative estimate of drug-likeness (QED) is 0.560. The molecule has 2 aliphatic rings. The molecule has 2 aliphatic carbocycles. The molecule has 6 heteroatoms. The zero-order valence-corrected chi connectivity index (χ0v) is 18.8. The summed E-state index contributed by atoms with van der Waals surface area (Å²) in [5.41, 5.74) is -0.241. The van der Waals surface area contributed by atoms with Gasteiger partial charge in [0.1, 0.15) is 6.10 Å². The smallest absolute Gasteiger partial charge is 0.338 e. The van der Waals surface area contributed by atoms with Gasteiger partial charge in [0.2, 0.25) is 0 Å². The van der Waals surface area contributed by atoms with Crippen molar-refractivity contribution in [1.29, 1.82) is 0 Å². The van der Waals surface area contributed by atoms with Crippen LogP contribution in [0.5, 0.6) is 11.5 Å². The van der Waals surface area contributed by atoms with Crippen molar-refractivity contribution >= 4 is 5.97 Å². The van der Waals surface area contributed by atoms with E-state index in [0.717, 1.165) is 5.57 Å². The Morgan fingerprint density at radius 3 is 2.47 bits per heavy atom. The zero-order valence-electron chi connectivity index (χ0n) is 18.8. The number of carbonyl (C=O) groups is 1. The van der Waals surface area contributed by atoms with E-state index in [1.54, 1.807) is 18.2 Å². The first-order valence-electron chi connectivity index (χ1n) is 10.6. The van der Waals surface area contributed by atoms with Crippen LogP contribution in [0, 0.1) is 17.3 Å². The molecule has 0 aromatic heterocycles. The third-order valence-corrected chi connectivity index (χ3v) is 7.19. The van der Waals surface area contributed by atoms with Crippen molar-refractivity contribution in [2.24, 2.45) is 17.3 Å². The molecule has 5 atom stereocenters. The van der Waals surface area contributed by atoms with Crippen LogP contribution in [0.25, 0.3) is 0 Å². The van der Waals surface area contributed by atoms with Crippen molar-refractivity contribution in [2.45, 2.75) is 64.8 Å². The summed E-state index contributed by atoms with van der Waals surface area (Å²) in [5, 5.41) is 22.5. The number of aliphatic hydroxyl groups excluding tert-OH is 1. The molecule has 0 unspecified atom stereocenters. The molecular weight excluding hydrogens is 384 g/mol. The molecule has 0 bridgehead atoms. The molecule has 0 aliphatic heterocycles. The maximum atomic E-state index is 13.1. The molecule has 1 aromatic carbocycles. The number of esters is 1. The molecule has 0 spiro atoms. The predicted molar refractivity (Wildman–Crippen MR) is 114 cm³/mol. The van der Waals surface area contributed by atoms with Gasteiger partial charge in [0.05, 0.1) is 31.5 Å². The molecule has 3 rings (SSSR count). The average molecular weight is 419 g/mol. The number of hydrogen-bond acceptors (Lipinski definition) is 6. The monoisotopic (exact) mass is 418 g/mol. The van der Waals surface area contributed by atoms with Crippen molar-refractivity contribution in [2.75, 3.05) is 14.2 Å². The summed E-state index contributed by atoms with van der Waals surface area (Å²) in [6.07, 6.45) is 2.35. The largest absolute Gasteiger partial charge is 0.493 e. The van der Waals surface area contributed by atoms with E-state index in [1.165, 1.54) is 14.2 Å². The SMILES string of the molecule is COc1ccc(C(=O)O[C@@H]2CC(C)=CC[C@]3(C)[C@H](O)C[C@@](O)(C(C)C)[C@H]23)cc1OC. The lowest BCUT2D eigenvalue weighted by molar-refractivity contribution is -0.113. The van der Waals surface area contributed by atoms with E-state index in [0.29, 0.717) is 29.9 Å². The summed E-state index contributed by atoms with van der Waals surface area (Å²) in [4.78, 5) is 13.1. The van der Waals surface area contributed by atoms with Gasteiger partial charge in [0.25, 0.3) is 0 Å². The minimum absolute atomic E-state index is 0.0836. The van der Waals surface area contributed by atoms with E-state index in [4.69, 9.17) is 14.2 Å². The number of hydrogen-bond donors (Lipinski definition) is 2. The van der Waals surface area contributed by atoms with Crippen LogP contribution in [0.1, 0.15) is 57.3 Å². The zero-order chi connectivity index (χ0) is 22.3. The molecule has 166 valence electrons. The van der Waals surface area contributed by atoms with Crippen molar-refractivity contribution in [3.8, 4) is 11.5 Å². The molecule has 0 radical (unpaired) electrons. The van der Waals surface area contributed by atoms with Crippen LogP contribution in [0.4, 0.5) is 0 Å². The number of allylic oxidation sites excluding steroid dienone is 1. The number of ether oxygens (including phenoxy) is 3. The minimum atomic E-state index is -1.12. The highest BCUT2D eigenvalue weighted by molar-refractivity contribution is 5.90.